The predicted molar refractivity (Wildman–Crippen MR) is 126 cm³/mol. The summed E-state index contributed by atoms with van der Waals surface area (Å²) >= 11 is 1.59. The first kappa shape index (κ1) is 20.2. The van der Waals surface area contributed by atoms with Crippen molar-refractivity contribution < 1.29 is 14.6 Å². The fourth-order valence-corrected chi connectivity index (χ4v) is 5.10. The van der Waals surface area contributed by atoms with Crippen molar-refractivity contribution in [3.05, 3.63) is 77.6 Å². The minimum Gasteiger partial charge on any atom is -0.478 e. The van der Waals surface area contributed by atoms with Gasteiger partial charge in [-0.1, -0.05) is 49.4 Å². The Morgan fingerprint density at radius 1 is 1.12 bits per heavy atom. The molecule has 1 atom stereocenters. The number of hydrogen-bond donors (Lipinski definition) is 2. The summed E-state index contributed by atoms with van der Waals surface area (Å²) in [6.07, 6.45) is 3.37. The molecule has 0 saturated heterocycles. The van der Waals surface area contributed by atoms with E-state index in [1.807, 2.05) is 54.7 Å². The van der Waals surface area contributed by atoms with Crippen molar-refractivity contribution in [2.75, 3.05) is 0 Å². The molecule has 2 N–H and O–H groups in total. The average molecular weight is 444 g/mol. The van der Waals surface area contributed by atoms with E-state index in [-0.39, 0.29) is 6.42 Å². The van der Waals surface area contributed by atoms with Gasteiger partial charge in [-0.25, -0.2) is 14.8 Å². The molecular formula is C25H21N3O3S. The summed E-state index contributed by atoms with van der Waals surface area (Å²) in [7, 11) is 0. The second-order valence-corrected chi connectivity index (χ2v) is 8.58. The number of rotatable bonds is 7. The predicted octanol–water partition coefficient (Wildman–Crippen LogP) is 5.48. The number of carboxylic acid groups (broad SMARTS) is 1. The lowest BCUT2D eigenvalue weighted by Gasteiger charge is -2.16. The number of aryl methyl sites for hydroxylation is 1. The van der Waals surface area contributed by atoms with Gasteiger partial charge in [-0.2, -0.15) is 0 Å². The number of nitrogens with one attached hydrogen (secondary N) is 1. The van der Waals surface area contributed by atoms with E-state index in [0.717, 1.165) is 49.1 Å². The molecule has 3 aromatic heterocycles. The smallest absolute Gasteiger partial charge is 0.345 e. The van der Waals surface area contributed by atoms with Gasteiger partial charge in [0.1, 0.15) is 11.2 Å². The number of thiophene rings is 1. The molecule has 2 aromatic carbocycles. The zero-order valence-electron chi connectivity index (χ0n) is 17.4. The lowest BCUT2D eigenvalue weighted by molar-refractivity contribution is -0.145. The summed E-state index contributed by atoms with van der Waals surface area (Å²) < 4.78 is 6.05. The van der Waals surface area contributed by atoms with Crippen LogP contribution in [0.3, 0.4) is 0 Å². The lowest BCUT2D eigenvalue weighted by atomic mass is 9.99. The van der Waals surface area contributed by atoms with E-state index in [0.29, 0.717) is 5.88 Å². The lowest BCUT2D eigenvalue weighted by Crippen LogP contribution is -2.29. The van der Waals surface area contributed by atoms with Crippen LogP contribution in [0.1, 0.15) is 17.4 Å². The van der Waals surface area contributed by atoms with Crippen molar-refractivity contribution in [2.24, 2.45) is 0 Å². The highest BCUT2D eigenvalue weighted by Gasteiger charge is 2.25. The Balaban J connectivity index is 1.65. The van der Waals surface area contributed by atoms with Gasteiger partial charge in [0.15, 0.2) is 0 Å². The number of hydrogen-bond acceptors (Lipinski definition) is 5. The maximum Gasteiger partial charge on any atom is 0.345 e. The highest BCUT2D eigenvalue weighted by molar-refractivity contribution is 7.19. The van der Waals surface area contributed by atoms with Crippen molar-refractivity contribution in [1.82, 2.24) is 15.0 Å². The molecule has 0 spiro atoms. The first-order chi connectivity index (χ1) is 15.7. The highest BCUT2D eigenvalue weighted by atomic mass is 32.1. The number of carboxylic acids is 1. The number of benzene rings is 2. The van der Waals surface area contributed by atoms with Crippen molar-refractivity contribution in [2.45, 2.75) is 25.9 Å². The third-order valence-electron chi connectivity index (χ3n) is 5.51. The Kier molecular flexibility index (Phi) is 5.33. The zero-order valence-corrected chi connectivity index (χ0v) is 18.2. The molecule has 0 amide bonds. The Bertz CT molecular complexity index is 1410. The van der Waals surface area contributed by atoms with Gasteiger partial charge in [0.25, 0.3) is 0 Å². The number of nitrogens with zero attached hydrogens (tertiary/aromatic N) is 2. The quantitative estimate of drug-likeness (QED) is 0.348. The first-order valence-corrected chi connectivity index (χ1v) is 11.2. The Labute approximate surface area is 188 Å². The first-order valence-electron chi connectivity index (χ1n) is 10.4. The molecule has 0 saturated carbocycles. The maximum atomic E-state index is 12.0. The van der Waals surface area contributed by atoms with Crippen LogP contribution in [0.15, 0.2) is 67.1 Å². The van der Waals surface area contributed by atoms with Crippen LogP contribution in [0.4, 0.5) is 0 Å². The molecule has 6 nitrogen and oxygen atoms in total. The number of carbonyl (C=O) groups is 1. The molecule has 0 fully saturated rings. The third kappa shape index (κ3) is 3.61. The number of fused-ring (bicyclic) bond motifs is 2. The summed E-state index contributed by atoms with van der Waals surface area (Å²) in [5.74, 6) is -0.724. The van der Waals surface area contributed by atoms with E-state index < -0.39 is 12.1 Å². The van der Waals surface area contributed by atoms with Crippen LogP contribution < -0.4 is 4.74 Å². The minimum absolute atomic E-state index is 0.245. The van der Waals surface area contributed by atoms with E-state index >= 15 is 0 Å². The van der Waals surface area contributed by atoms with Crippen LogP contribution in [0, 0.1) is 0 Å². The monoisotopic (exact) mass is 443 g/mol. The number of H-pyrrole nitrogens is 1. The normalized spacial score (nSPS) is 12.3. The number of aromatic amines is 1. The second kappa shape index (κ2) is 8.43. The van der Waals surface area contributed by atoms with Gasteiger partial charge in [-0.3, -0.25) is 0 Å². The molecule has 5 rings (SSSR count). The van der Waals surface area contributed by atoms with Gasteiger partial charge < -0.3 is 14.8 Å². The molecule has 160 valence electrons. The summed E-state index contributed by atoms with van der Waals surface area (Å²) in [5, 5.41) is 11.7. The third-order valence-corrected chi connectivity index (χ3v) is 6.75. The van der Waals surface area contributed by atoms with Crippen LogP contribution in [0.25, 0.3) is 32.2 Å². The molecule has 0 unspecified atom stereocenters. The van der Waals surface area contributed by atoms with Gasteiger partial charge in [0, 0.05) is 34.0 Å². The van der Waals surface area contributed by atoms with E-state index in [4.69, 9.17) is 4.74 Å². The maximum absolute atomic E-state index is 12.0. The highest BCUT2D eigenvalue weighted by Crippen LogP contribution is 2.44. The van der Waals surface area contributed by atoms with Crippen molar-refractivity contribution >= 4 is 38.4 Å². The van der Waals surface area contributed by atoms with E-state index in [2.05, 4.69) is 27.9 Å². The SMILES string of the molecule is CCc1sc2ncnc(O[C@H](Cc3ccccc3)C(=O)O)c2c1-c1cccc2[nH]ccc12. The largest absolute Gasteiger partial charge is 0.478 e. The van der Waals surface area contributed by atoms with Gasteiger partial charge in [0.2, 0.25) is 12.0 Å². The van der Waals surface area contributed by atoms with Gasteiger partial charge in [-0.05, 0) is 29.7 Å². The summed E-state index contributed by atoms with van der Waals surface area (Å²) in [6, 6.07) is 17.6. The number of ether oxygens (including phenoxy) is 1. The molecule has 5 aromatic rings. The fraction of sp³-hybridized carbons (Fsp3) is 0.160. The van der Waals surface area contributed by atoms with Gasteiger partial charge in [-0.15, -0.1) is 11.3 Å². The van der Waals surface area contributed by atoms with Gasteiger partial charge in [0.05, 0.1) is 5.39 Å². The fourth-order valence-electron chi connectivity index (χ4n) is 4.02. The van der Waals surface area contributed by atoms with Gasteiger partial charge >= 0.3 is 5.97 Å². The molecule has 32 heavy (non-hydrogen) atoms. The van der Waals surface area contributed by atoms with E-state index in [1.165, 1.54) is 6.33 Å². The molecule has 0 aliphatic rings. The Hall–Kier alpha value is -3.71. The molecule has 0 radical (unpaired) electrons. The Morgan fingerprint density at radius 3 is 2.75 bits per heavy atom. The van der Waals surface area contributed by atoms with Crippen LogP contribution in [-0.2, 0) is 17.6 Å². The van der Waals surface area contributed by atoms with Crippen molar-refractivity contribution in [1.29, 1.82) is 0 Å². The van der Waals surface area contributed by atoms with Crippen LogP contribution in [0.5, 0.6) is 5.88 Å². The zero-order chi connectivity index (χ0) is 22.1. The van der Waals surface area contributed by atoms with Crippen LogP contribution in [-0.4, -0.2) is 32.1 Å². The van der Waals surface area contributed by atoms with Crippen molar-refractivity contribution in [3.63, 3.8) is 0 Å². The summed E-state index contributed by atoms with van der Waals surface area (Å²) in [4.78, 5) is 26.1. The second-order valence-electron chi connectivity index (χ2n) is 7.49. The molecule has 0 aliphatic heterocycles. The minimum atomic E-state index is -1.06. The van der Waals surface area contributed by atoms with Crippen LogP contribution in [0.2, 0.25) is 0 Å². The van der Waals surface area contributed by atoms with E-state index in [1.54, 1.807) is 11.3 Å². The standard InChI is InChI=1S/C25H21N3O3S/c1-2-20-21(17-9-6-10-18-16(17)11-12-26-18)22-23(27-14-28-24(22)32-20)31-19(25(29)30)13-15-7-4-3-5-8-15/h3-12,14,19,26H,2,13H2,1H3,(H,29,30)/t19-/m1/s1. The summed E-state index contributed by atoms with van der Waals surface area (Å²) in [5.41, 5.74) is 4.00. The summed E-state index contributed by atoms with van der Waals surface area (Å²) in [6.45, 7) is 2.11. The number of aliphatic carboxylic acids is 1. The molecule has 0 bridgehead atoms. The molecular weight excluding hydrogens is 422 g/mol. The Morgan fingerprint density at radius 2 is 1.97 bits per heavy atom. The average Bonchev–Trinajstić information content (AvgIpc) is 3.44. The van der Waals surface area contributed by atoms with Crippen LogP contribution >= 0.6 is 11.3 Å². The van der Waals surface area contributed by atoms with Crippen molar-refractivity contribution in [3.8, 4) is 17.0 Å². The molecule has 0 aliphatic carbocycles. The molecule has 3 heterocycles. The molecule has 7 heteroatoms. The number of aromatic nitrogens is 3. The van der Waals surface area contributed by atoms with E-state index in [9.17, 15) is 9.90 Å². The topological polar surface area (TPSA) is 88.1 Å².